The predicted molar refractivity (Wildman–Crippen MR) is 116 cm³/mol. The molecule has 0 radical (unpaired) electrons. The van der Waals surface area contributed by atoms with Crippen molar-refractivity contribution in [2.24, 2.45) is 0 Å². The summed E-state index contributed by atoms with van der Waals surface area (Å²) in [5, 5.41) is 12.9. The molecule has 6 heteroatoms. The lowest BCUT2D eigenvalue weighted by Crippen LogP contribution is -2.43. The number of ether oxygens (including phenoxy) is 2. The smallest absolute Gasteiger partial charge is 0.174 e. The van der Waals surface area contributed by atoms with Gasteiger partial charge in [0.1, 0.15) is 0 Å². The summed E-state index contributed by atoms with van der Waals surface area (Å²) >= 11 is 5.66. The van der Waals surface area contributed by atoms with Gasteiger partial charge >= 0.3 is 0 Å². The van der Waals surface area contributed by atoms with Gasteiger partial charge in [-0.3, -0.25) is 0 Å². The second-order valence-electron chi connectivity index (χ2n) is 6.14. The monoisotopic (exact) mass is 397 g/mol. The largest absolute Gasteiger partial charge is 0.351 e. The Labute approximate surface area is 172 Å². The van der Waals surface area contributed by atoms with E-state index in [9.17, 15) is 0 Å². The van der Waals surface area contributed by atoms with Crippen LogP contribution in [-0.4, -0.2) is 42.6 Å². The van der Waals surface area contributed by atoms with Gasteiger partial charge in [0.15, 0.2) is 11.4 Å². The van der Waals surface area contributed by atoms with E-state index in [-0.39, 0.29) is 6.29 Å². The van der Waals surface area contributed by atoms with Gasteiger partial charge in [0.05, 0.1) is 18.2 Å². The molecule has 0 atom stereocenters. The van der Waals surface area contributed by atoms with Gasteiger partial charge in [-0.1, -0.05) is 36.4 Å². The predicted octanol–water partition coefficient (Wildman–Crippen LogP) is 4.20. The van der Waals surface area contributed by atoms with Crippen LogP contribution in [0, 0.1) is 11.3 Å². The Bertz CT molecular complexity index is 771. The molecule has 0 saturated heterocycles. The summed E-state index contributed by atoms with van der Waals surface area (Å²) in [4.78, 5) is 2.05. The van der Waals surface area contributed by atoms with Gasteiger partial charge in [0.25, 0.3) is 0 Å². The molecule has 0 heterocycles. The summed E-state index contributed by atoms with van der Waals surface area (Å²) in [7, 11) is 0. The van der Waals surface area contributed by atoms with Crippen molar-refractivity contribution in [2.75, 3.05) is 31.6 Å². The molecule has 0 unspecified atom stereocenters. The van der Waals surface area contributed by atoms with Crippen LogP contribution in [0.15, 0.2) is 54.6 Å². The molecule has 0 amide bonds. The zero-order valence-electron chi connectivity index (χ0n) is 16.4. The van der Waals surface area contributed by atoms with Crippen molar-refractivity contribution < 1.29 is 9.47 Å². The Hall–Kier alpha value is -2.46. The highest BCUT2D eigenvalue weighted by molar-refractivity contribution is 7.80. The van der Waals surface area contributed by atoms with Gasteiger partial charge in [-0.2, -0.15) is 5.26 Å². The lowest BCUT2D eigenvalue weighted by atomic mass is 10.1. The quantitative estimate of drug-likeness (QED) is 0.479. The van der Waals surface area contributed by atoms with Gasteiger partial charge in [0.2, 0.25) is 0 Å². The molecule has 0 fully saturated rings. The topological polar surface area (TPSA) is 57.5 Å². The second kappa shape index (κ2) is 12.1. The number of hydrogen-bond donors (Lipinski definition) is 1. The summed E-state index contributed by atoms with van der Waals surface area (Å²) < 4.78 is 11.4. The molecule has 2 aromatic carbocycles. The molecular weight excluding hydrogens is 370 g/mol. The Morgan fingerprint density at radius 1 is 1.11 bits per heavy atom. The third-order valence-corrected chi connectivity index (χ3v) is 4.48. The third kappa shape index (κ3) is 7.28. The maximum Gasteiger partial charge on any atom is 0.174 e. The van der Waals surface area contributed by atoms with Crippen LogP contribution in [0.5, 0.6) is 0 Å². The Morgan fingerprint density at radius 2 is 1.82 bits per heavy atom. The molecule has 148 valence electrons. The first-order chi connectivity index (χ1) is 13.7. The molecule has 0 saturated carbocycles. The molecule has 1 N–H and O–H groups in total. The van der Waals surface area contributed by atoms with E-state index in [0.717, 1.165) is 18.7 Å². The van der Waals surface area contributed by atoms with E-state index in [1.54, 1.807) is 12.1 Å². The minimum absolute atomic E-state index is 0.351. The van der Waals surface area contributed by atoms with Crippen LogP contribution >= 0.6 is 12.2 Å². The normalized spacial score (nSPS) is 10.5. The second-order valence-corrected chi connectivity index (χ2v) is 6.53. The number of benzene rings is 2. The fourth-order valence-corrected chi connectivity index (χ4v) is 3.04. The summed E-state index contributed by atoms with van der Waals surface area (Å²) in [5.74, 6) is 0. The molecule has 0 aromatic heterocycles. The van der Waals surface area contributed by atoms with Gasteiger partial charge < -0.3 is 19.7 Å². The molecule has 0 aliphatic rings. The summed E-state index contributed by atoms with van der Waals surface area (Å²) in [6.07, 6.45) is 0.502. The summed E-state index contributed by atoms with van der Waals surface area (Å²) in [6, 6.07) is 19.7. The Morgan fingerprint density at radius 3 is 2.46 bits per heavy atom. The van der Waals surface area contributed by atoms with E-state index in [0.29, 0.717) is 30.4 Å². The fraction of sp³-hybridized carbons (Fsp3) is 0.364. The number of thiocarbonyl (C=S) groups is 1. The number of hydrogen-bond acceptors (Lipinski definition) is 4. The summed E-state index contributed by atoms with van der Waals surface area (Å²) in [5.41, 5.74) is 2.62. The molecule has 0 bridgehead atoms. The number of rotatable bonds is 10. The molecule has 0 aliphatic heterocycles. The highest BCUT2D eigenvalue weighted by Crippen LogP contribution is 2.12. The van der Waals surface area contributed by atoms with Crippen molar-refractivity contribution >= 4 is 23.0 Å². The number of nitrogens with zero attached hydrogens (tertiary/aromatic N) is 2. The molecular formula is C22H27N3O2S. The maximum atomic E-state index is 9.10. The van der Waals surface area contributed by atoms with Crippen LogP contribution in [0.1, 0.15) is 25.0 Å². The lowest BCUT2D eigenvalue weighted by molar-refractivity contribution is -0.141. The summed E-state index contributed by atoms with van der Waals surface area (Å²) in [6.45, 7) is 6.29. The number of nitriles is 1. The van der Waals surface area contributed by atoms with E-state index in [2.05, 4.69) is 28.4 Å². The first-order valence-corrected chi connectivity index (χ1v) is 9.90. The Kier molecular flexibility index (Phi) is 9.43. The molecule has 0 aliphatic carbocycles. The zero-order chi connectivity index (χ0) is 20.2. The van der Waals surface area contributed by atoms with Crippen molar-refractivity contribution in [3.63, 3.8) is 0 Å². The molecule has 2 aromatic rings. The maximum absolute atomic E-state index is 9.10. The van der Waals surface area contributed by atoms with Gasteiger partial charge in [0, 0.05) is 25.4 Å². The van der Waals surface area contributed by atoms with Gasteiger partial charge in [-0.15, -0.1) is 0 Å². The van der Waals surface area contributed by atoms with Gasteiger partial charge in [-0.25, -0.2) is 0 Å². The van der Waals surface area contributed by atoms with E-state index in [1.165, 1.54) is 5.56 Å². The SMILES string of the molecule is CCOC(CN(CCc1ccccc1)C(=S)Nc1cccc(C#N)c1)OCC. The molecule has 5 nitrogen and oxygen atoms in total. The molecule has 0 spiro atoms. The van der Waals surface area contributed by atoms with Crippen molar-refractivity contribution in [1.29, 1.82) is 5.26 Å². The number of anilines is 1. The van der Waals surface area contributed by atoms with E-state index < -0.39 is 0 Å². The zero-order valence-corrected chi connectivity index (χ0v) is 17.2. The molecule has 2 rings (SSSR count). The standard InChI is InChI=1S/C22H27N3O2S/c1-3-26-21(27-4-2)17-25(14-13-18-9-6-5-7-10-18)22(28)24-20-12-8-11-19(15-20)16-23/h5-12,15,21H,3-4,13-14,17H2,1-2H3,(H,24,28). The van der Waals surface area contributed by atoms with Gasteiger partial charge in [-0.05, 0) is 56.2 Å². The van der Waals surface area contributed by atoms with E-state index >= 15 is 0 Å². The van der Waals surface area contributed by atoms with Crippen LogP contribution in [0.3, 0.4) is 0 Å². The van der Waals surface area contributed by atoms with Crippen LogP contribution in [0.2, 0.25) is 0 Å². The highest BCUT2D eigenvalue weighted by Gasteiger charge is 2.17. The first kappa shape index (κ1) is 21.8. The highest BCUT2D eigenvalue weighted by atomic mass is 32.1. The Balaban J connectivity index is 2.10. The lowest BCUT2D eigenvalue weighted by Gasteiger charge is -2.30. The average Bonchev–Trinajstić information content (AvgIpc) is 2.72. The van der Waals surface area contributed by atoms with E-state index in [4.69, 9.17) is 27.0 Å². The third-order valence-electron chi connectivity index (χ3n) is 4.12. The van der Waals surface area contributed by atoms with Crippen LogP contribution in [0.4, 0.5) is 5.69 Å². The van der Waals surface area contributed by atoms with Crippen molar-refractivity contribution in [1.82, 2.24) is 4.90 Å². The van der Waals surface area contributed by atoms with Crippen LogP contribution < -0.4 is 5.32 Å². The average molecular weight is 398 g/mol. The van der Waals surface area contributed by atoms with Crippen molar-refractivity contribution in [2.45, 2.75) is 26.6 Å². The minimum Gasteiger partial charge on any atom is -0.351 e. The van der Waals surface area contributed by atoms with Crippen molar-refractivity contribution in [3.8, 4) is 6.07 Å². The minimum atomic E-state index is -0.351. The first-order valence-electron chi connectivity index (χ1n) is 9.49. The molecule has 28 heavy (non-hydrogen) atoms. The number of nitrogens with one attached hydrogen (secondary N) is 1. The van der Waals surface area contributed by atoms with Crippen LogP contribution in [0.25, 0.3) is 0 Å². The van der Waals surface area contributed by atoms with Crippen LogP contribution in [-0.2, 0) is 15.9 Å². The van der Waals surface area contributed by atoms with Crippen molar-refractivity contribution in [3.05, 3.63) is 65.7 Å². The fourth-order valence-electron chi connectivity index (χ4n) is 2.76. The van der Waals surface area contributed by atoms with E-state index in [1.807, 2.05) is 44.2 Å².